The fourth-order valence-electron chi connectivity index (χ4n) is 2.91. The Balaban J connectivity index is 2.21. The molecular formula is C15H23N3OS2. The molecule has 1 aliphatic carbocycles. The van der Waals surface area contributed by atoms with Crippen LogP contribution >= 0.6 is 23.6 Å². The Labute approximate surface area is 135 Å². The average Bonchev–Trinajstić information content (AvgIpc) is 2.83. The largest absolute Gasteiger partial charge is 0.392 e. The first-order chi connectivity index (χ1) is 9.88. The summed E-state index contributed by atoms with van der Waals surface area (Å²) in [5, 5.41) is 5.93. The van der Waals surface area contributed by atoms with Crippen molar-refractivity contribution in [3.63, 3.8) is 0 Å². The van der Waals surface area contributed by atoms with Crippen LogP contribution in [0.5, 0.6) is 0 Å². The zero-order chi connectivity index (χ0) is 15.5. The molecule has 0 radical (unpaired) electrons. The highest BCUT2D eigenvalue weighted by atomic mass is 32.1. The van der Waals surface area contributed by atoms with E-state index in [2.05, 4.69) is 10.3 Å². The van der Waals surface area contributed by atoms with Crippen molar-refractivity contribution >= 4 is 34.5 Å². The molecular weight excluding hydrogens is 302 g/mol. The zero-order valence-corrected chi connectivity index (χ0v) is 14.3. The summed E-state index contributed by atoms with van der Waals surface area (Å²) in [6.07, 6.45) is 7.55. The number of thiazole rings is 1. The van der Waals surface area contributed by atoms with Crippen molar-refractivity contribution in [1.82, 2.24) is 10.3 Å². The van der Waals surface area contributed by atoms with Crippen molar-refractivity contribution in [2.75, 3.05) is 0 Å². The first-order valence-electron chi connectivity index (χ1n) is 7.41. The quantitative estimate of drug-likeness (QED) is 0.659. The lowest BCUT2D eigenvalue weighted by Gasteiger charge is -2.34. The lowest BCUT2D eigenvalue weighted by molar-refractivity contribution is -0.129. The predicted octanol–water partition coefficient (Wildman–Crippen LogP) is 3.12. The molecule has 0 unspecified atom stereocenters. The third-order valence-corrected chi connectivity index (χ3v) is 5.74. The smallest absolute Gasteiger partial charge is 0.233 e. The van der Waals surface area contributed by atoms with Gasteiger partial charge in [0.05, 0.1) is 15.9 Å². The molecule has 0 atom stereocenters. The normalized spacial score (nSPS) is 18.8. The molecule has 1 saturated carbocycles. The number of carbonyl (C=O) groups is 1. The van der Waals surface area contributed by atoms with Crippen LogP contribution in [0.2, 0.25) is 0 Å². The molecule has 1 fully saturated rings. The molecule has 6 heteroatoms. The van der Waals surface area contributed by atoms with Crippen LogP contribution in [-0.2, 0) is 10.3 Å². The maximum absolute atomic E-state index is 12.9. The molecule has 0 bridgehead atoms. The summed E-state index contributed by atoms with van der Waals surface area (Å²) in [5.74, 6) is -0.0444. The maximum atomic E-state index is 12.9. The molecule has 3 N–H and O–H groups in total. The Morgan fingerprint density at radius 3 is 2.48 bits per heavy atom. The van der Waals surface area contributed by atoms with Gasteiger partial charge in [0.2, 0.25) is 5.91 Å². The van der Waals surface area contributed by atoms with Gasteiger partial charge in [-0.3, -0.25) is 4.79 Å². The van der Waals surface area contributed by atoms with Gasteiger partial charge in [-0.2, -0.15) is 0 Å². The predicted molar refractivity (Wildman–Crippen MR) is 90.2 cm³/mol. The van der Waals surface area contributed by atoms with Crippen LogP contribution in [-0.4, -0.2) is 15.9 Å². The van der Waals surface area contributed by atoms with Gasteiger partial charge in [-0.05, 0) is 26.7 Å². The second-order valence-corrected chi connectivity index (χ2v) is 7.61. The summed E-state index contributed by atoms with van der Waals surface area (Å²) in [4.78, 5) is 17.6. The number of nitrogens with zero attached hydrogens (tertiary/aromatic N) is 1. The fourth-order valence-corrected chi connectivity index (χ4v) is 3.92. The van der Waals surface area contributed by atoms with E-state index in [-0.39, 0.29) is 5.91 Å². The van der Waals surface area contributed by atoms with E-state index in [0.717, 1.165) is 43.5 Å². The Bertz CT molecular complexity index is 503. The standard InChI is InChI=1S/C15H23N3OS2/c1-14(2,13-17-9-10-21-13)18-12(19)15(11(16)20)7-5-3-4-6-8-15/h9-10H,3-8H2,1-2H3,(H2,16,20)(H,18,19). The van der Waals surface area contributed by atoms with Crippen LogP contribution in [0.4, 0.5) is 0 Å². The molecule has 0 spiro atoms. The molecule has 1 aromatic rings. The highest BCUT2D eigenvalue weighted by Crippen LogP contribution is 2.37. The van der Waals surface area contributed by atoms with Crippen molar-refractivity contribution < 1.29 is 4.79 Å². The van der Waals surface area contributed by atoms with Gasteiger partial charge in [-0.1, -0.05) is 37.9 Å². The lowest BCUT2D eigenvalue weighted by Crippen LogP contribution is -2.53. The van der Waals surface area contributed by atoms with Crippen molar-refractivity contribution in [3.8, 4) is 0 Å². The fraction of sp³-hybridized carbons (Fsp3) is 0.667. The molecule has 1 amide bonds. The van der Waals surface area contributed by atoms with Gasteiger partial charge in [-0.15, -0.1) is 11.3 Å². The number of amides is 1. The van der Waals surface area contributed by atoms with E-state index in [1.165, 1.54) is 0 Å². The number of nitrogens with two attached hydrogens (primary N) is 1. The second-order valence-electron chi connectivity index (χ2n) is 6.28. The molecule has 4 nitrogen and oxygen atoms in total. The van der Waals surface area contributed by atoms with E-state index < -0.39 is 11.0 Å². The number of hydrogen-bond donors (Lipinski definition) is 2. The Kier molecular flexibility index (Phi) is 4.99. The van der Waals surface area contributed by atoms with Gasteiger partial charge in [0.1, 0.15) is 5.01 Å². The summed E-state index contributed by atoms with van der Waals surface area (Å²) in [7, 11) is 0. The molecule has 1 heterocycles. The van der Waals surface area contributed by atoms with Gasteiger partial charge >= 0.3 is 0 Å². The molecule has 1 aromatic heterocycles. The number of thiocarbonyl (C=S) groups is 1. The first kappa shape index (κ1) is 16.4. The van der Waals surface area contributed by atoms with E-state index in [0.29, 0.717) is 4.99 Å². The molecule has 0 aliphatic heterocycles. The van der Waals surface area contributed by atoms with Crippen LogP contribution < -0.4 is 11.1 Å². The van der Waals surface area contributed by atoms with Gasteiger partial charge in [0.15, 0.2) is 0 Å². The van der Waals surface area contributed by atoms with E-state index >= 15 is 0 Å². The van der Waals surface area contributed by atoms with Crippen molar-refractivity contribution in [2.24, 2.45) is 11.1 Å². The third-order valence-electron chi connectivity index (χ3n) is 4.26. The van der Waals surface area contributed by atoms with E-state index in [9.17, 15) is 4.79 Å². The van der Waals surface area contributed by atoms with Gasteiger partial charge in [-0.25, -0.2) is 4.98 Å². The average molecular weight is 326 g/mol. The third kappa shape index (κ3) is 3.43. The van der Waals surface area contributed by atoms with Gasteiger partial charge in [0, 0.05) is 11.6 Å². The summed E-state index contributed by atoms with van der Waals surface area (Å²) in [6.45, 7) is 3.93. The first-order valence-corrected chi connectivity index (χ1v) is 8.70. The van der Waals surface area contributed by atoms with Crippen LogP contribution in [0.25, 0.3) is 0 Å². The van der Waals surface area contributed by atoms with E-state index in [1.807, 2.05) is 19.2 Å². The molecule has 1 aliphatic rings. The monoisotopic (exact) mass is 325 g/mol. The summed E-state index contributed by atoms with van der Waals surface area (Å²) in [6, 6.07) is 0. The highest BCUT2D eigenvalue weighted by Gasteiger charge is 2.43. The number of aromatic nitrogens is 1. The van der Waals surface area contributed by atoms with Crippen LogP contribution in [0.15, 0.2) is 11.6 Å². The van der Waals surface area contributed by atoms with Crippen molar-refractivity contribution in [2.45, 2.75) is 57.9 Å². The number of rotatable bonds is 4. The molecule has 21 heavy (non-hydrogen) atoms. The van der Waals surface area contributed by atoms with Gasteiger partial charge in [0.25, 0.3) is 0 Å². The van der Waals surface area contributed by atoms with E-state index in [4.69, 9.17) is 18.0 Å². The number of carbonyl (C=O) groups excluding carboxylic acids is 1. The Hall–Kier alpha value is -1.01. The SMILES string of the molecule is CC(C)(NC(=O)C1(C(N)=S)CCCCCC1)c1nccs1. The summed E-state index contributed by atoms with van der Waals surface area (Å²) >= 11 is 6.80. The van der Waals surface area contributed by atoms with Gasteiger partial charge < -0.3 is 11.1 Å². The maximum Gasteiger partial charge on any atom is 0.233 e. The Morgan fingerprint density at radius 2 is 2.00 bits per heavy atom. The summed E-state index contributed by atoms with van der Waals surface area (Å²) in [5.41, 5.74) is 4.77. The minimum Gasteiger partial charge on any atom is -0.392 e. The lowest BCUT2D eigenvalue weighted by atomic mass is 9.78. The highest BCUT2D eigenvalue weighted by molar-refractivity contribution is 7.80. The minimum absolute atomic E-state index is 0.0444. The van der Waals surface area contributed by atoms with Crippen LogP contribution in [0, 0.1) is 5.41 Å². The molecule has 116 valence electrons. The molecule has 0 aromatic carbocycles. The second kappa shape index (κ2) is 6.40. The summed E-state index contributed by atoms with van der Waals surface area (Å²) < 4.78 is 0. The van der Waals surface area contributed by atoms with E-state index in [1.54, 1.807) is 17.5 Å². The molecule has 0 saturated heterocycles. The van der Waals surface area contributed by atoms with Crippen LogP contribution in [0.1, 0.15) is 57.4 Å². The minimum atomic E-state index is -0.694. The Morgan fingerprint density at radius 1 is 1.38 bits per heavy atom. The van der Waals surface area contributed by atoms with Crippen LogP contribution in [0.3, 0.4) is 0 Å². The van der Waals surface area contributed by atoms with Crippen molar-refractivity contribution in [1.29, 1.82) is 0 Å². The topological polar surface area (TPSA) is 68.0 Å². The number of nitrogens with one attached hydrogen (secondary N) is 1. The zero-order valence-electron chi connectivity index (χ0n) is 12.6. The van der Waals surface area contributed by atoms with Crippen molar-refractivity contribution in [3.05, 3.63) is 16.6 Å². The number of hydrogen-bond acceptors (Lipinski definition) is 4. The molecule has 2 rings (SSSR count).